The van der Waals surface area contributed by atoms with E-state index in [1.165, 1.54) is 18.2 Å². The van der Waals surface area contributed by atoms with Crippen LogP contribution in [0.15, 0.2) is 42.5 Å². The van der Waals surface area contributed by atoms with Gasteiger partial charge in [0.1, 0.15) is 11.5 Å². The van der Waals surface area contributed by atoms with Crippen LogP contribution in [0.5, 0.6) is 11.5 Å². The van der Waals surface area contributed by atoms with Crippen LogP contribution in [0.1, 0.15) is 15.9 Å². The first-order valence-electron chi connectivity index (χ1n) is 5.58. The molecule has 0 fully saturated rings. The van der Waals surface area contributed by atoms with E-state index in [2.05, 4.69) is 0 Å². The number of hydrogen-bond acceptors (Lipinski definition) is 4. The van der Waals surface area contributed by atoms with Crippen molar-refractivity contribution in [2.45, 2.75) is 6.92 Å². The van der Waals surface area contributed by atoms with E-state index in [9.17, 15) is 14.9 Å². The summed E-state index contributed by atoms with van der Waals surface area (Å²) < 4.78 is 5.54. The molecule has 0 saturated heterocycles. The molecule has 0 atom stereocenters. The molecule has 5 nitrogen and oxygen atoms in total. The van der Waals surface area contributed by atoms with Crippen LogP contribution in [0.2, 0.25) is 0 Å². The highest BCUT2D eigenvalue weighted by Gasteiger charge is 2.11. The van der Waals surface area contributed by atoms with Gasteiger partial charge in [-0.1, -0.05) is 17.7 Å². The molecule has 19 heavy (non-hydrogen) atoms. The molecule has 0 bridgehead atoms. The number of nitro groups is 1. The second kappa shape index (κ2) is 5.30. The van der Waals surface area contributed by atoms with Crippen molar-refractivity contribution in [3.63, 3.8) is 0 Å². The fourth-order valence-electron chi connectivity index (χ4n) is 1.57. The molecule has 0 N–H and O–H groups in total. The van der Waals surface area contributed by atoms with E-state index in [1.807, 2.05) is 19.1 Å². The molecule has 0 unspecified atom stereocenters. The van der Waals surface area contributed by atoms with Crippen LogP contribution in [0.4, 0.5) is 5.69 Å². The van der Waals surface area contributed by atoms with Crippen molar-refractivity contribution < 1.29 is 14.5 Å². The maximum absolute atomic E-state index is 10.9. The molecular weight excluding hydrogens is 246 g/mol. The number of hydrogen-bond donors (Lipinski definition) is 0. The zero-order valence-corrected chi connectivity index (χ0v) is 10.2. The Morgan fingerprint density at radius 2 is 1.84 bits per heavy atom. The second-order valence-electron chi connectivity index (χ2n) is 4.01. The number of aryl methyl sites for hydroxylation is 1. The minimum atomic E-state index is -0.553. The number of rotatable bonds is 4. The molecule has 0 aliphatic carbocycles. The highest BCUT2D eigenvalue weighted by atomic mass is 16.6. The molecule has 0 radical (unpaired) electrons. The first-order valence-corrected chi connectivity index (χ1v) is 5.58. The fourth-order valence-corrected chi connectivity index (χ4v) is 1.57. The molecule has 2 aromatic carbocycles. The van der Waals surface area contributed by atoms with Gasteiger partial charge in [0, 0.05) is 12.1 Å². The predicted molar refractivity (Wildman–Crippen MR) is 69.7 cm³/mol. The first-order chi connectivity index (χ1) is 9.10. The summed E-state index contributed by atoms with van der Waals surface area (Å²) in [6.07, 6.45) is 0.538. The zero-order valence-electron chi connectivity index (χ0n) is 10.2. The number of carbonyl (C=O) groups is 1. The van der Waals surface area contributed by atoms with Crippen molar-refractivity contribution in [2.24, 2.45) is 0 Å². The van der Waals surface area contributed by atoms with Crippen molar-refractivity contribution in [3.8, 4) is 11.5 Å². The molecule has 0 amide bonds. The fraction of sp³-hybridized carbons (Fsp3) is 0.0714. The third kappa shape index (κ3) is 2.95. The highest BCUT2D eigenvalue weighted by Crippen LogP contribution is 2.27. The normalized spacial score (nSPS) is 9.95. The Kier molecular flexibility index (Phi) is 3.56. The Labute approximate surface area is 109 Å². The van der Waals surface area contributed by atoms with Crippen LogP contribution in [-0.2, 0) is 0 Å². The summed E-state index contributed by atoms with van der Waals surface area (Å²) in [6.45, 7) is 1.95. The number of non-ortho nitro benzene ring substituents is 1. The van der Waals surface area contributed by atoms with Crippen molar-refractivity contribution in [1.29, 1.82) is 0 Å². The summed E-state index contributed by atoms with van der Waals surface area (Å²) in [7, 11) is 0. The molecule has 0 aromatic heterocycles. The predicted octanol–water partition coefficient (Wildman–Crippen LogP) is 3.51. The second-order valence-corrected chi connectivity index (χ2v) is 4.01. The molecule has 0 saturated carbocycles. The molecular formula is C14H11NO4. The third-order valence-corrected chi connectivity index (χ3v) is 2.58. The SMILES string of the molecule is Cc1ccc(Oc2ccc([N+](=O)[O-])cc2C=O)cc1. The van der Waals surface area contributed by atoms with Gasteiger partial charge in [-0.15, -0.1) is 0 Å². The number of benzene rings is 2. The molecule has 0 aliphatic rings. The van der Waals surface area contributed by atoms with Gasteiger partial charge in [0.25, 0.3) is 5.69 Å². The standard InChI is InChI=1S/C14H11NO4/c1-10-2-5-13(6-3-10)19-14-7-4-12(15(17)18)8-11(14)9-16/h2-9H,1H3. The summed E-state index contributed by atoms with van der Waals surface area (Å²) in [5.74, 6) is 0.868. The maximum Gasteiger partial charge on any atom is 0.270 e. The lowest BCUT2D eigenvalue weighted by Gasteiger charge is -2.07. The lowest BCUT2D eigenvalue weighted by atomic mass is 10.2. The molecule has 96 valence electrons. The average molecular weight is 257 g/mol. The first kappa shape index (κ1) is 12.8. The van der Waals surface area contributed by atoms with Crippen LogP contribution in [-0.4, -0.2) is 11.2 Å². The minimum absolute atomic E-state index is 0.140. The smallest absolute Gasteiger partial charge is 0.270 e. The van der Waals surface area contributed by atoms with E-state index in [1.54, 1.807) is 12.1 Å². The van der Waals surface area contributed by atoms with E-state index in [-0.39, 0.29) is 11.3 Å². The summed E-state index contributed by atoms with van der Waals surface area (Å²) >= 11 is 0. The van der Waals surface area contributed by atoms with Gasteiger partial charge < -0.3 is 4.74 Å². The number of carbonyl (C=O) groups excluding carboxylic acids is 1. The highest BCUT2D eigenvalue weighted by molar-refractivity contribution is 5.80. The van der Waals surface area contributed by atoms with Crippen LogP contribution < -0.4 is 4.74 Å². The maximum atomic E-state index is 10.9. The zero-order chi connectivity index (χ0) is 13.8. The molecule has 2 rings (SSSR count). The molecule has 5 heteroatoms. The van der Waals surface area contributed by atoms with E-state index < -0.39 is 4.92 Å². The topological polar surface area (TPSA) is 69.4 Å². The number of aldehydes is 1. The average Bonchev–Trinajstić information content (AvgIpc) is 2.41. The lowest BCUT2D eigenvalue weighted by Crippen LogP contribution is -1.94. The van der Waals surface area contributed by atoms with Gasteiger partial charge >= 0.3 is 0 Å². The number of nitro benzene ring substituents is 1. The number of nitrogens with zero attached hydrogens (tertiary/aromatic N) is 1. The largest absolute Gasteiger partial charge is 0.457 e. The van der Waals surface area contributed by atoms with Crippen LogP contribution >= 0.6 is 0 Å². The molecule has 2 aromatic rings. The van der Waals surface area contributed by atoms with Gasteiger partial charge in [0.05, 0.1) is 10.5 Å². The minimum Gasteiger partial charge on any atom is -0.457 e. The van der Waals surface area contributed by atoms with Crippen molar-refractivity contribution in [2.75, 3.05) is 0 Å². The number of ether oxygens (including phenoxy) is 1. The van der Waals surface area contributed by atoms with Gasteiger partial charge in [0.2, 0.25) is 0 Å². The van der Waals surface area contributed by atoms with E-state index in [4.69, 9.17) is 4.74 Å². The molecule has 0 spiro atoms. The van der Waals surface area contributed by atoms with Crippen molar-refractivity contribution >= 4 is 12.0 Å². The monoisotopic (exact) mass is 257 g/mol. The van der Waals surface area contributed by atoms with Crippen LogP contribution in [0.3, 0.4) is 0 Å². The summed E-state index contributed by atoms with van der Waals surface area (Å²) in [4.78, 5) is 21.0. The van der Waals surface area contributed by atoms with Crippen LogP contribution in [0.25, 0.3) is 0 Å². The van der Waals surface area contributed by atoms with Gasteiger partial charge in [-0.25, -0.2) is 0 Å². The molecule has 0 aliphatic heterocycles. The molecule has 0 heterocycles. The Bertz CT molecular complexity index is 620. The van der Waals surface area contributed by atoms with Gasteiger partial charge in [-0.2, -0.15) is 0 Å². The summed E-state index contributed by atoms with van der Waals surface area (Å²) in [5, 5.41) is 10.6. The Balaban J connectivity index is 2.32. The van der Waals surface area contributed by atoms with Gasteiger partial charge in [-0.05, 0) is 25.1 Å². The lowest BCUT2D eigenvalue weighted by molar-refractivity contribution is -0.384. The van der Waals surface area contributed by atoms with E-state index in [0.717, 1.165) is 5.56 Å². The Morgan fingerprint density at radius 3 is 2.42 bits per heavy atom. The van der Waals surface area contributed by atoms with E-state index in [0.29, 0.717) is 17.8 Å². The van der Waals surface area contributed by atoms with Gasteiger partial charge in [-0.3, -0.25) is 14.9 Å². The summed E-state index contributed by atoms with van der Waals surface area (Å²) in [6, 6.07) is 11.2. The Morgan fingerprint density at radius 1 is 1.16 bits per heavy atom. The van der Waals surface area contributed by atoms with Crippen molar-refractivity contribution in [1.82, 2.24) is 0 Å². The van der Waals surface area contributed by atoms with E-state index >= 15 is 0 Å². The third-order valence-electron chi connectivity index (χ3n) is 2.58. The Hall–Kier alpha value is -2.69. The van der Waals surface area contributed by atoms with Crippen molar-refractivity contribution in [3.05, 3.63) is 63.7 Å². The van der Waals surface area contributed by atoms with Crippen LogP contribution in [0, 0.1) is 17.0 Å². The summed E-state index contributed by atoms with van der Waals surface area (Å²) in [5.41, 5.74) is 1.10. The van der Waals surface area contributed by atoms with Gasteiger partial charge in [0.15, 0.2) is 6.29 Å². The quantitative estimate of drug-likeness (QED) is 0.477.